The zero-order valence-corrected chi connectivity index (χ0v) is 25.4. The van der Waals surface area contributed by atoms with Gasteiger partial charge in [-0.25, -0.2) is 18.3 Å². The lowest BCUT2D eigenvalue weighted by molar-refractivity contribution is -0.186. The van der Waals surface area contributed by atoms with Crippen LogP contribution in [-0.2, 0) is 11.3 Å². The molecular formula is C35H40F2N4O2. The first-order valence-electron chi connectivity index (χ1n) is 15.5. The molecule has 7 rings (SSSR count). The minimum atomic E-state index is -2.55. The number of alkyl halides is 2. The predicted molar refractivity (Wildman–Crippen MR) is 163 cm³/mol. The minimum Gasteiger partial charge on any atom is -0.443 e. The number of likely N-dealkylation sites (tertiary alicyclic amines) is 1. The molecule has 2 saturated carbocycles. The van der Waals surface area contributed by atoms with Gasteiger partial charge in [-0.1, -0.05) is 18.2 Å². The molecule has 1 unspecified atom stereocenters. The molecule has 2 aliphatic carbocycles. The van der Waals surface area contributed by atoms with Gasteiger partial charge in [0.2, 0.25) is 5.92 Å². The number of halogens is 2. The van der Waals surface area contributed by atoms with Gasteiger partial charge in [-0.3, -0.25) is 9.47 Å². The van der Waals surface area contributed by atoms with Gasteiger partial charge in [0.1, 0.15) is 5.60 Å². The number of ether oxygens (including phenoxy) is 1. The van der Waals surface area contributed by atoms with Gasteiger partial charge < -0.3 is 4.74 Å². The van der Waals surface area contributed by atoms with Crippen LogP contribution in [0.4, 0.5) is 13.6 Å². The summed E-state index contributed by atoms with van der Waals surface area (Å²) in [4.78, 5) is 15.7. The molecule has 1 saturated heterocycles. The number of piperidine rings is 1. The van der Waals surface area contributed by atoms with Crippen molar-refractivity contribution in [3.05, 3.63) is 83.3 Å². The second-order valence-corrected chi connectivity index (χ2v) is 14.2. The Labute approximate surface area is 251 Å². The van der Waals surface area contributed by atoms with E-state index < -0.39 is 11.5 Å². The Bertz CT molecular complexity index is 1650. The first-order chi connectivity index (χ1) is 20.4. The lowest BCUT2D eigenvalue weighted by Gasteiger charge is -2.54. The lowest BCUT2D eigenvalue weighted by Crippen LogP contribution is -2.53. The minimum absolute atomic E-state index is 0.0173. The van der Waals surface area contributed by atoms with E-state index in [0.29, 0.717) is 12.5 Å². The van der Waals surface area contributed by atoms with Crippen molar-refractivity contribution in [2.24, 2.45) is 5.41 Å². The number of benzene rings is 2. The second-order valence-electron chi connectivity index (χ2n) is 14.2. The normalized spacial score (nSPS) is 21.7. The molecule has 8 heteroatoms. The van der Waals surface area contributed by atoms with Crippen LogP contribution in [0, 0.1) is 12.3 Å². The smallest absolute Gasteiger partial charge is 0.418 e. The number of fused-ring (bicyclic) bond motifs is 1. The zero-order chi connectivity index (χ0) is 30.1. The molecule has 0 amide bonds. The molecule has 43 heavy (non-hydrogen) atoms. The van der Waals surface area contributed by atoms with Gasteiger partial charge in [-0.2, -0.15) is 5.10 Å². The van der Waals surface area contributed by atoms with Gasteiger partial charge in [0.25, 0.3) is 0 Å². The first kappa shape index (κ1) is 28.3. The summed E-state index contributed by atoms with van der Waals surface area (Å²) < 4.78 is 37.7. The summed E-state index contributed by atoms with van der Waals surface area (Å²) in [5, 5.41) is 5.43. The van der Waals surface area contributed by atoms with Crippen molar-refractivity contribution in [2.75, 3.05) is 6.54 Å². The van der Waals surface area contributed by atoms with Crippen molar-refractivity contribution in [3.8, 4) is 5.69 Å². The zero-order valence-electron chi connectivity index (χ0n) is 25.4. The van der Waals surface area contributed by atoms with Crippen molar-refractivity contribution in [1.29, 1.82) is 0 Å². The summed E-state index contributed by atoms with van der Waals surface area (Å²) in [6, 6.07) is 14.6. The van der Waals surface area contributed by atoms with E-state index in [1.807, 2.05) is 43.9 Å². The van der Waals surface area contributed by atoms with E-state index in [-0.39, 0.29) is 30.4 Å². The van der Waals surface area contributed by atoms with E-state index in [4.69, 9.17) is 4.74 Å². The summed E-state index contributed by atoms with van der Waals surface area (Å²) in [5.74, 6) is -2.03. The quantitative estimate of drug-likeness (QED) is 0.235. The average molecular weight is 587 g/mol. The molecule has 3 aliphatic rings. The van der Waals surface area contributed by atoms with Crippen LogP contribution < -0.4 is 0 Å². The Morgan fingerprint density at radius 3 is 2.47 bits per heavy atom. The number of hydrogen-bond acceptors (Lipinski definition) is 4. The van der Waals surface area contributed by atoms with Crippen molar-refractivity contribution in [2.45, 2.75) is 96.2 Å². The van der Waals surface area contributed by atoms with Crippen LogP contribution in [0.5, 0.6) is 0 Å². The van der Waals surface area contributed by atoms with E-state index in [2.05, 4.69) is 53.3 Å². The second kappa shape index (κ2) is 10.0. The fourth-order valence-electron chi connectivity index (χ4n) is 7.56. The molecule has 0 N–H and O–H groups in total. The number of aromatic nitrogens is 3. The summed E-state index contributed by atoms with van der Waals surface area (Å²) in [7, 11) is 0. The Hall–Kier alpha value is -3.52. The summed E-state index contributed by atoms with van der Waals surface area (Å²) in [6.07, 6.45) is 8.92. The summed E-state index contributed by atoms with van der Waals surface area (Å²) >= 11 is 0. The standard InChI is InChI=1S/C35H40F2N4O2/c1-23-18-28(24-6-7-24)29(27-12-16-40(31(23)27)32(42)43-33(2,3)4)20-39-17-13-34(21-35(36,37)22-34)19-30(39)25-8-10-26(11-9-25)41-15-5-14-38-41/h5,8-12,14-16,18,24,30H,6-7,13,17,19-22H2,1-4H3. The Morgan fingerprint density at radius 1 is 1.09 bits per heavy atom. The van der Waals surface area contributed by atoms with E-state index in [1.165, 1.54) is 24.0 Å². The SMILES string of the molecule is Cc1cc(C2CC2)c(CN2CCC3(CC2c2ccc(-n4cccn4)cc2)CC(F)(F)C3)c2ccn(C(=O)OC(C)(C)C)c12. The third kappa shape index (κ3) is 5.39. The fraction of sp³-hybridized carbons (Fsp3) is 0.486. The summed E-state index contributed by atoms with van der Waals surface area (Å²) in [5.41, 5.74) is 5.77. The molecular weight excluding hydrogens is 546 g/mol. The van der Waals surface area contributed by atoms with Crippen molar-refractivity contribution in [1.82, 2.24) is 19.2 Å². The number of carbonyl (C=O) groups excluding carboxylic acids is 1. The van der Waals surface area contributed by atoms with Crippen molar-refractivity contribution < 1.29 is 18.3 Å². The highest BCUT2D eigenvalue weighted by molar-refractivity contribution is 5.94. The highest BCUT2D eigenvalue weighted by Crippen LogP contribution is 2.60. The topological polar surface area (TPSA) is 52.3 Å². The van der Waals surface area contributed by atoms with Crippen LogP contribution in [0.2, 0.25) is 0 Å². The molecule has 3 heterocycles. The molecule has 0 bridgehead atoms. The van der Waals surface area contributed by atoms with Gasteiger partial charge in [0, 0.05) is 49.4 Å². The molecule has 1 atom stereocenters. The molecule has 3 fully saturated rings. The van der Waals surface area contributed by atoms with Crippen LogP contribution >= 0.6 is 0 Å². The maximum Gasteiger partial charge on any atom is 0.418 e. The van der Waals surface area contributed by atoms with Crippen molar-refractivity contribution >= 4 is 17.0 Å². The predicted octanol–water partition coefficient (Wildman–Crippen LogP) is 8.55. The molecule has 0 radical (unpaired) electrons. The van der Waals surface area contributed by atoms with E-state index in [0.717, 1.165) is 47.1 Å². The number of nitrogens with zero attached hydrogens (tertiary/aromatic N) is 4. The highest BCUT2D eigenvalue weighted by atomic mass is 19.3. The van der Waals surface area contributed by atoms with Crippen LogP contribution in [0.3, 0.4) is 0 Å². The van der Waals surface area contributed by atoms with Crippen LogP contribution in [0.25, 0.3) is 16.6 Å². The molecule has 2 aromatic carbocycles. The Balaban J connectivity index is 1.26. The van der Waals surface area contributed by atoms with Gasteiger partial charge in [0.05, 0.1) is 11.2 Å². The average Bonchev–Trinajstić information content (AvgIpc) is 3.42. The van der Waals surface area contributed by atoms with E-state index in [9.17, 15) is 13.6 Å². The van der Waals surface area contributed by atoms with Crippen LogP contribution in [0.15, 0.2) is 61.1 Å². The van der Waals surface area contributed by atoms with Gasteiger partial charge in [-0.15, -0.1) is 0 Å². The third-order valence-electron chi connectivity index (χ3n) is 9.58. The lowest BCUT2D eigenvalue weighted by atomic mass is 9.59. The fourth-order valence-corrected chi connectivity index (χ4v) is 7.56. The van der Waals surface area contributed by atoms with E-state index >= 15 is 0 Å². The van der Waals surface area contributed by atoms with Gasteiger partial charge >= 0.3 is 6.09 Å². The molecule has 2 aromatic heterocycles. The molecule has 226 valence electrons. The first-order valence-corrected chi connectivity index (χ1v) is 15.5. The number of aryl methyl sites for hydroxylation is 1. The van der Waals surface area contributed by atoms with Crippen molar-refractivity contribution in [3.63, 3.8) is 0 Å². The Morgan fingerprint density at radius 2 is 1.84 bits per heavy atom. The Kier molecular flexibility index (Phi) is 6.58. The third-order valence-corrected chi connectivity index (χ3v) is 9.58. The number of rotatable bonds is 5. The number of hydrogen-bond donors (Lipinski definition) is 0. The maximum atomic E-state index is 14.2. The van der Waals surface area contributed by atoms with Crippen LogP contribution in [0.1, 0.15) is 93.5 Å². The summed E-state index contributed by atoms with van der Waals surface area (Å²) in [6.45, 7) is 9.17. The van der Waals surface area contributed by atoms with Gasteiger partial charge in [0.15, 0.2) is 0 Å². The molecule has 1 spiro atoms. The molecule has 4 aromatic rings. The molecule has 6 nitrogen and oxygen atoms in total. The highest BCUT2D eigenvalue weighted by Gasteiger charge is 2.58. The largest absolute Gasteiger partial charge is 0.443 e. The van der Waals surface area contributed by atoms with Gasteiger partial charge in [-0.05, 0) is 118 Å². The van der Waals surface area contributed by atoms with Crippen LogP contribution in [-0.4, -0.2) is 43.4 Å². The number of carbonyl (C=O) groups is 1. The molecule has 1 aliphatic heterocycles. The monoisotopic (exact) mass is 586 g/mol. The maximum absolute atomic E-state index is 14.2. The van der Waals surface area contributed by atoms with E-state index in [1.54, 1.807) is 10.8 Å².